The number of ether oxygens (including phenoxy) is 1. The van der Waals surface area contributed by atoms with Gasteiger partial charge in [0.1, 0.15) is 0 Å². The first kappa shape index (κ1) is 20.1. The number of nitrogens with zero attached hydrogens (tertiary/aromatic N) is 2. The summed E-state index contributed by atoms with van der Waals surface area (Å²) >= 11 is 0. The molecular weight excluding hydrogens is 376 g/mol. The molecule has 0 N–H and O–H groups in total. The Balaban J connectivity index is 1.58. The van der Waals surface area contributed by atoms with Crippen LogP contribution < -0.4 is 0 Å². The van der Waals surface area contributed by atoms with Crippen LogP contribution in [0.4, 0.5) is 0 Å². The van der Waals surface area contributed by atoms with Gasteiger partial charge in [0.2, 0.25) is 0 Å². The fourth-order valence-electron chi connectivity index (χ4n) is 3.93. The number of esters is 1. The number of pyridine rings is 1. The minimum absolute atomic E-state index is 0.132. The molecular formula is C25H26N2O3. The van der Waals surface area contributed by atoms with Gasteiger partial charge in [0.15, 0.2) is 6.61 Å². The lowest BCUT2D eigenvalue weighted by molar-refractivity contribution is -0.136. The van der Waals surface area contributed by atoms with Crippen LogP contribution in [0, 0.1) is 12.8 Å². The second kappa shape index (κ2) is 8.66. The van der Waals surface area contributed by atoms with Gasteiger partial charge < -0.3 is 9.64 Å². The average Bonchev–Trinajstić information content (AvgIpc) is 2.77. The predicted molar refractivity (Wildman–Crippen MR) is 117 cm³/mol. The molecule has 0 spiro atoms. The van der Waals surface area contributed by atoms with Crippen LogP contribution in [0.3, 0.4) is 0 Å². The van der Waals surface area contributed by atoms with Gasteiger partial charge in [0.05, 0.1) is 16.8 Å². The maximum Gasteiger partial charge on any atom is 0.339 e. The van der Waals surface area contributed by atoms with Crippen molar-refractivity contribution in [2.24, 2.45) is 5.92 Å². The van der Waals surface area contributed by atoms with Crippen LogP contribution in [-0.4, -0.2) is 41.5 Å². The minimum Gasteiger partial charge on any atom is -0.452 e. The minimum atomic E-state index is -0.500. The molecule has 1 atom stereocenters. The van der Waals surface area contributed by atoms with Crippen LogP contribution in [0.1, 0.15) is 35.7 Å². The van der Waals surface area contributed by atoms with Crippen LogP contribution in [-0.2, 0) is 9.53 Å². The van der Waals surface area contributed by atoms with E-state index in [1.165, 1.54) is 0 Å². The number of carbonyl (C=O) groups is 2. The third kappa shape index (κ3) is 4.35. The quantitative estimate of drug-likeness (QED) is 0.597. The normalized spacial score (nSPS) is 16.5. The van der Waals surface area contributed by atoms with Gasteiger partial charge in [0, 0.05) is 24.0 Å². The van der Waals surface area contributed by atoms with Crippen LogP contribution in [0.15, 0.2) is 54.6 Å². The second-order valence-corrected chi connectivity index (χ2v) is 8.10. The summed E-state index contributed by atoms with van der Waals surface area (Å²) in [5.74, 6) is -0.146. The van der Waals surface area contributed by atoms with Crippen molar-refractivity contribution in [2.75, 3.05) is 19.7 Å². The fourth-order valence-corrected chi connectivity index (χ4v) is 3.93. The molecule has 2 heterocycles. The van der Waals surface area contributed by atoms with Crippen molar-refractivity contribution in [3.05, 3.63) is 65.7 Å². The fraction of sp³-hybridized carbons (Fsp3) is 0.320. The molecule has 0 unspecified atom stereocenters. The van der Waals surface area contributed by atoms with Crippen LogP contribution >= 0.6 is 0 Å². The van der Waals surface area contributed by atoms with Gasteiger partial charge in [-0.2, -0.15) is 0 Å². The average molecular weight is 402 g/mol. The number of piperidine rings is 1. The summed E-state index contributed by atoms with van der Waals surface area (Å²) in [6, 6.07) is 17.3. The molecule has 1 saturated heterocycles. The molecule has 0 aliphatic carbocycles. The van der Waals surface area contributed by atoms with Crippen LogP contribution in [0.5, 0.6) is 0 Å². The van der Waals surface area contributed by atoms with Gasteiger partial charge in [-0.25, -0.2) is 9.78 Å². The number of para-hydroxylation sites is 1. The first-order chi connectivity index (χ1) is 14.5. The monoisotopic (exact) mass is 402 g/mol. The van der Waals surface area contributed by atoms with Gasteiger partial charge in [-0.3, -0.25) is 4.79 Å². The first-order valence-electron chi connectivity index (χ1n) is 10.4. The molecule has 4 rings (SSSR count). The molecule has 3 aromatic rings. The number of amides is 1. The number of hydrogen-bond donors (Lipinski definition) is 0. The Kier molecular flexibility index (Phi) is 5.79. The number of benzene rings is 2. The summed E-state index contributed by atoms with van der Waals surface area (Å²) in [5, 5.41) is 0.720. The van der Waals surface area contributed by atoms with Gasteiger partial charge in [0.25, 0.3) is 5.91 Å². The Hall–Kier alpha value is -3.21. The van der Waals surface area contributed by atoms with E-state index in [0.717, 1.165) is 48.0 Å². The zero-order chi connectivity index (χ0) is 21.1. The molecule has 1 fully saturated rings. The highest BCUT2D eigenvalue weighted by molar-refractivity contribution is 6.05. The molecule has 2 aromatic carbocycles. The number of fused-ring (bicyclic) bond motifs is 1. The second-order valence-electron chi connectivity index (χ2n) is 8.10. The number of likely N-dealkylation sites (tertiary alicyclic amines) is 1. The zero-order valence-corrected chi connectivity index (χ0v) is 17.4. The van der Waals surface area contributed by atoms with Gasteiger partial charge in [-0.15, -0.1) is 0 Å². The summed E-state index contributed by atoms with van der Waals surface area (Å²) in [5.41, 5.74) is 3.94. The molecule has 154 valence electrons. The van der Waals surface area contributed by atoms with E-state index >= 15 is 0 Å². The molecule has 30 heavy (non-hydrogen) atoms. The van der Waals surface area contributed by atoms with Gasteiger partial charge in [-0.1, -0.05) is 55.0 Å². The summed E-state index contributed by atoms with van der Waals surface area (Å²) in [7, 11) is 0. The molecule has 5 nitrogen and oxygen atoms in total. The van der Waals surface area contributed by atoms with Crippen molar-refractivity contribution in [2.45, 2.75) is 26.7 Å². The van der Waals surface area contributed by atoms with Crippen molar-refractivity contribution in [3.63, 3.8) is 0 Å². The Bertz CT molecular complexity index is 1080. The van der Waals surface area contributed by atoms with E-state index in [2.05, 4.69) is 6.92 Å². The number of carbonyl (C=O) groups excluding carboxylic acids is 2. The molecule has 1 aromatic heterocycles. The van der Waals surface area contributed by atoms with E-state index in [9.17, 15) is 9.59 Å². The highest BCUT2D eigenvalue weighted by Gasteiger charge is 2.23. The molecule has 5 heteroatoms. The van der Waals surface area contributed by atoms with Crippen molar-refractivity contribution < 1.29 is 14.3 Å². The summed E-state index contributed by atoms with van der Waals surface area (Å²) < 4.78 is 5.44. The van der Waals surface area contributed by atoms with Crippen molar-refractivity contribution >= 4 is 22.8 Å². The van der Waals surface area contributed by atoms with Crippen molar-refractivity contribution in [1.82, 2.24) is 9.88 Å². The smallest absolute Gasteiger partial charge is 0.339 e. The Labute approximate surface area is 176 Å². The first-order valence-corrected chi connectivity index (χ1v) is 10.4. The molecule has 1 aliphatic heterocycles. The van der Waals surface area contributed by atoms with Crippen molar-refractivity contribution in [3.8, 4) is 11.3 Å². The lowest BCUT2D eigenvalue weighted by atomic mass is 10.0. The van der Waals surface area contributed by atoms with Crippen molar-refractivity contribution in [1.29, 1.82) is 0 Å². The molecule has 0 radical (unpaired) electrons. The predicted octanol–water partition coefficient (Wildman–Crippen LogP) is 4.63. The highest BCUT2D eigenvalue weighted by Crippen LogP contribution is 2.26. The maximum atomic E-state index is 12.9. The van der Waals surface area contributed by atoms with E-state index in [1.807, 2.05) is 55.5 Å². The number of aryl methyl sites for hydroxylation is 1. The third-order valence-corrected chi connectivity index (χ3v) is 5.62. The van der Waals surface area contributed by atoms with Gasteiger partial charge in [-0.05, 0) is 37.8 Å². The number of aromatic nitrogens is 1. The molecule has 1 aliphatic rings. The largest absolute Gasteiger partial charge is 0.452 e. The highest BCUT2D eigenvalue weighted by atomic mass is 16.5. The van der Waals surface area contributed by atoms with E-state index < -0.39 is 5.97 Å². The van der Waals surface area contributed by atoms with Gasteiger partial charge >= 0.3 is 5.97 Å². The third-order valence-electron chi connectivity index (χ3n) is 5.62. The standard InChI is InChI=1S/C25H26N2O3/c1-17-9-11-19(12-10-17)23-14-21(20-7-3-4-8-22(20)26-23)25(29)30-16-24(28)27-13-5-6-18(2)15-27/h3-4,7-12,14,18H,5-6,13,15-16H2,1-2H3/t18-/m0/s1. The summed E-state index contributed by atoms with van der Waals surface area (Å²) in [6.45, 7) is 5.40. The van der Waals surface area contributed by atoms with Crippen LogP contribution in [0.2, 0.25) is 0 Å². The van der Waals surface area contributed by atoms with E-state index in [1.54, 1.807) is 11.0 Å². The maximum absolute atomic E-state index is 12.9. The topological polar surface area (TPSA) is 59.5 Å². The van der Waals surface area contributed by atoms with E-state index in [0.29, 0.717) is 17.2 Å². The SMILES string of the molecule is Cc1ccc(-c2cc(C(=O)OCC(=O)N3CCC[C@H](C)C3)c3ccccc3n2)cc1. The Morgan fingerprint density at radius 2 is 1.90 bits per heavy atom. The molecule has 1 amide bonds. The zero-order valence-electron chi connectivity index (χ0n) is 17.4. The van der Waals surface area contributed by atoms with E-state index in [-0.39, 0.29) is 12.5 Å². The lowest BCUT2D eigenvalue weighted by Gasteiger charge is -2.30. The summed E-state index contributed by atoms with van der Waals surface area (Å²) in [6.07, 6.45) is 2.13. The molecule has 0 saturated carbocycles. The Morgan fingerprint density at radius 1 is 1.13 bits per heavy atom. The lowest BCUT2D eigenvalue weighted by Crippen LogP contribution is -2.41. The number of rotatable bonds is 4. The summed E-state index contributed by atoms with van der Waals surface area (Å²) in [4.78, 5) is 31.9. The van der Waals surface area contributed by atoms with E-state index in [4.69, 9.17) is 9.72 Å². The van der Waals surface area contributed by atoms with Crippen LogP contribution in [0.25, 0.3) is 22.2 Å². The number of hydrogen-bond acceptors (Lipinski definition) is 4. The molecule has 0 bridgehead atoms. The Morgan fingerprint density at radius 3 is 2.67 bits per heavy atom.